The number of carbonyl (C=O) groups excluding carboxylic acids is 2. The van der Waals surface area contributed by atoms with Gasteiger partial charge in [-0.3, -0.25) is 9.59 Å². The van der Waals surface area contributed by atoms with Crippen molar-refractivity contribution in [3.05, 3.63) is 18.2 Å². The van der Waals surface area contributed by atoms with Crippen LogP contribution in [0.2, 0.25) is 0 Å². The third-order valence-electron chi connectivity index (χ3n) is 4.01. The Hall–Kier alpha value is -2.28. The molecule has 124 valence electrons. The number of amides is 2. The van der Waals surface area contributed by atoms with Crippen LogP contribution in [0.25, 0.3) is 0 Å². The first-order valence-corrected chi connectivity index (χ1v) is 7.81. The fourth-order valence-corrected chi connectivity index (χ4v) is 2.79. The molecule has 1 saturated heterocycles. The van der Waals surface area contributed by atoms with Gasteiger partial charge in [0.2, 0.25) is 11.8 Å². The van der Waals surface area contributed by atoms with Crippen LogP contribution in [0.4, 0.5) is 5.69 Å². The first-order valence-electron chi connectivity index (χ1n) is 7.81. The SMILES string of the molecule is CNCCNC(=O)C1CC(=O)N(c2ccc3c(c2)OCCO3)C1. The average molecular weight is 319 g/mol. The van der Waals surface area contributed by atoms with Crippen molar-refractivity contribution in [1.82, 2.24) is 10.6 Å². The van der Waals surface area contributed by atoms with E-state index >= 15 is 0 Å². The van der Waals surface area contributed by atoms with Crippen LogP contribution in [0.15, 0.2) is 18.2 Å². The third-order valence-corrected chi connectivity index (χ3v) is 4.01. The molecule has 1 aromatic rings. The molecule has 0 spiro atoms. The minimum atomic E-state index is -0.312. The molecular formula is C16H21N3O4. The highest BCUT2D eigenvalue weighted by molar-refractivity contribution is 6.00. The normalized spacial score (nSPS) is 19.8. The lowest BCUT2D eigenvalue weighted by Crippen LogP contribution is -2.36. The monoisotopic (exact) mass is 319 g/mol. The predicted molar refractivity (Wildman–Crippen MR) is 84.8 cm³/mol. The van der Waals surface area contributed by atoms with Crippen molar-refractivity contribution in [2.75, 3.05) is 44.8 Å². The number of rotatable bonds is 5. The molecule has 0 bridgehead atoms. The van der Waals surface area contributed by atoms with E-state index < -0.39 is 0 Å². The number of benzene rings is 1. The average Bonchev–Trinajstić information content (AvgIpc) is 2.96. The number of likely N-dealkylation sites (N-methyl/N-ethyl adjacent to an activating group) is 1. The Balaban J connectivity index is 1.67. The van der Waals surface area contributed by atoms with E-state index in [9.17, 15) is 9.59 Å². The summed E-state index contributed by atoms with van der Waals surface area (Å²) >= 11 is 0. The number of fused-ring (bicyclic) bond motifs is 1. The highest BCUT2D eigenvalue weighted by Crippen LogP contribution is 2.35. The van der Waals surface area contributed by atoms with Crippen molar-refractivity contribution in [1.29, 1.82) is 0 Å². The molecule has 3 rings (SSSR count). The van der Waals surface area contributed by atoms with Crippen molar-refractivity contribution in [2.45, 2.75) is 6.42 Å². The van der Waals surface area contributed by atoms with Gasteiger partial charge in [-0.1, -0.05) is 0 Å². The molecule has 7 heteroatoms. The highest BCUT2D eigenvalue weighted by Gasteiger charge is 2.35. The zero-order chi connectivity index (χ0) is 16.2. The lowest BCUT2D eigenvalue weighted by atomic mass is 10.1. The summed E-state index contributed by atoms with van der Waals surface area (Å²) in [6, 6.07) is 5.43. The van der Waals surface area contributed by atoms with Crippen molar-refractivity contribution in [3.63, 3.8) is 0 Å². The molecule has 7 nitrogen and oxygen atoms in total. The standard InChI is InChI=1S/C16H21N3O4/c1-17-4-5-18-16(21)11-8-15(20)19(10-11)12-2-3-13-14(9-12)23-7-6-22-13/h2-3,9,11,17H,4-8,10H2,1H3,(H,18,21). The van der Waals surface area contributed by atoms with Crippen molar-refractivity contribution < 1.29 is 19.1 Å². The first-order chi connectivity index (χ1) is 11.2. The van der Waals surface area contributed by atoms with Crippen LogP contribution >= 0.6 is 0 Å². The minimum absolute atomic E-state index is 0.0459. The number of hydrogen-bond acceptors (Lipinski definition) is 5. The van der Waals surface area contributed by atoms with Crippen LogP contribution < -0.4 is 25.0 Å². The van der Waals surface area contributed by atoms with E-state index in [0.29, 0.717) is 44.3 Å². The Morgan fingerprint density at radius 3 is 2.83 bits per heavy atom. The Morgan fingerprint density at radius 2 is 2.04 bits per heavy atom. The van der Waals surface area contributed by atoms with Crippen LogP contribution in [-0.4, -0.2) is 51.7 Å². The van der Waals surface area contributed by atoms with Gasteiger partial charge in [0.05, 0.1) is 5.92 Å². The minimum Gasteiger partial charge on any atom is -0.486 e. The molecule has 1 fully saturated rings. The topological polar surface area (TPSA) is 79.9 Å². The fourth-order valence-electron chi connectivity index (χ4n) is 2.79. The zero-order valence-electron chi connectivity index (χ0n) is 13.1. The quantitative estimate of drug-likeness (QED) is 0.755. The predicted octanol–water partition coefficient (Wildman–Crippen LogP) is 0.146. The van der Waals surface area contributed by atoms with Gasteiger partial charge in [0, 0.05) is 37.8 Å². The Bertz CT molecular complexity index is 605. The summed E-state index contributed by atoms with van der Waals surface area (Å²) < 4.78 is 11.0. The van der Waals surface area contributed by atoms with Gasteiger partial charge in [0.1, 0.15) is 13.2 Å². The van der Waals surface area contributed by atoms with Crippen LogP contribution in [0, 0.1) is 5.92 Å². The molecule has 1 unspecified atom stereocenters. The first kappa shape index (κ1) is 15.6. The summed E-state index contributed by atoms with van der Waals surface area (Å²) in [4.78, 5) is 26.0. The number of carbonyl (C=O) groups is 2. The van der Waals surface area contributed by atoms with Crippen LogP contribution in [0.5, 0.6) is 11.5 Å². The Kier molecular flexibility index (Phi) is 4.66. The highest BCUT2D eigenvalue weighted by atomic mass is 16.6. The Morgan fingerprint density at radius 1 is 1.26 bits per heavy atom. The smallest absolute Gasteiger partial charge is 0.227 e. The van der Waals surface area contributed by atoms with Gasteiger partial charge in [0.15, 0.2) is 11.5 Å². The van der Waals surface area contributed by atoms with Gasteiger partial charge in [-0.25, -0.2) is 0 Å². The molecule has 2 heterocycles. The van der Waals surface area contributed by atoms with E-state index in [-0.39, 0.29) is 24.2 Å². The van der Waals surface area contributed by atoms with E-state index in [2.05, 4.69) is 10.6 Å². The maximum absolute atomic E-state index is 12.2. The third kappa shape index (κ3) is 3.39. The van der Waals surface area contributed by atoms with Gasteiger partial charge in [-0.2, -0.15) is 0 Å². The van der Waals surface area contributed by atoms with Crippen molar-refractivity contribution in [2.24, 2.45) is 5.92 Å². The second-order valence-corrected chi connectivity index (χ2v) is 5.63. The molecule has 0 aliphatic carbocycles. The number of nitrogens with one attached hydrogen (secondary N) is 2. The molecule has 2 aliphatic rings. The molecule has 0 aromatic heterocycles. The number of anilines is 1. The van der Waals surface area contributed by atoms with Gasteiger partial charge >= 0.3 is 0 Å². The summed E-state index contributed by atoms with van der Waals surface area (Å²) in [5, 5.41) is 5.81. The van der Waals surface area contributed by atoms with E-state index in [1.54, 1.807) is 17.0 Å². The number of ether oxygens (including phenoxy) is 2. The number of nitrogens with zero attached hydrogens (tertiary/aromatic N) is 1. The second-order valence-electron chi connectivity index (χ2n) is 5.63. The number of hydrogen-bond donors (Lipinski definition) is 2. The molecule has 1 aromatic carbocycles. The lowest BCUT2D eigenvalue weighted by Gasteiger charge is -2.22. The molecular weight excluding hydrogens is 298 g/mol. The summed E-state index contributed by atoms with van der Waals surface area (Å²) in [5.74, 6) is 0.896. The summed E-state index contributed by atoms with van der Waals surface area (Å²) in [6.45, 7) is 2.69. The van der Waals surface area contributed by atoms with Crippen molar-refractivity contribution >= 4 is 17.5 Å². The van der Waals surface area contributed by atoms with Gasteiger partial charge in [-0.05, 0) is 19.2 Å². The lowest BCUT2D eigenvalue weighted by molar-refractivity contribution is -0.126. The molecule has 2 aliphatic heterocycles. The molecule has 0 saturated carbocycles. The fraction of sp³-hybridized carbons (Fsp3) is 0.500. The van der Waals surface area contributed by atoms with Crippen LogP contribution in [0.1, 0.15) is 6.42 Å². The molecule has 23 heavy (non-hydrogen) atoms. The molecule has 0 radical (unpaired) electrons. The molecule has 1 atom stereocenters. The van der Waals surface area contributed by atoms with Gasteiger partial charge < -0.3 is 25.0 Å². The van der Waals surface area contributed by atoms with E-state index in [4.69, 9.17) is 9.47 Å². The van der Waals surface area contributed by atoms with Crippen LogP contribution in [0.3, 0.4) is 0 Å². The summed E-state index contributed by atoms with van der Waals surface area (Å²) in [5.41, 5.74) is 0.741. The summed E-state index contributed by atoms with van der Waals surface area (Å²) in [6.07, 6.45) is 0.236. The van der Waals surface area contributed by atoms with E-state index in [0.717, 1.165) is 5.69 Å². The summed E-state index contributed by atoms with van der Waals surface area (Å²) in [7, 11) is 1.83. The van der Waals surface area contributed by atoms with Gasteiger partial charge in [-0.15, -0.1) is 0 Å². The van der Waals surface area contributed by atoms with E-state index in [1.165, 1.54) is 0 Å². The second kappa shape index (κ2) is 6.87. The molecule has 2 N–H and O–H groups in total. The van der Waals surface area contributed by atoms with Crippen LogP contribution in [-0.2, 0) is 9.59 Å². The largest absolute Gasteiger partial charge is 0.486 e. The Labute approximate surface area is 134 Å². The molecule has 2 amide bonds. The maximum Gasteiger partial charge on any atom is 0.227 e. The van der Waals surface area contributed by atoms with E-state index in [1.807, 2.05) is 13.1 Å². The van der Waals surface area contributed by atoms with Gasteiger partial charge in [0.25, 0.3) is 0 Å². The maximum atomic E-state index is 12.2. The van der Waals surface area contributed by atoms with Crippen molar-refractivity contribution in [3.8, 4) is 11.5 Å². The zero-order valence-corrected chi connectivity index (χ0v) is 13.1.